The van der Waals surface area contributed by atoms with Gasteiger partial charge >= 0.3 is 0 Å². The summed E-state index contributed by atoms with van der Waals surface area (Å²) in [6, 6.07) is 11.7. The first-order chi connectivity index (χ1) is 8.90. The Morgan fingerprint density at radius 3 is 2.47 bits per heavy atom. The summed E-state index contributed by atoms with van der Waals surface area (Å²) in [6.07, 6.45) is 0. The van der Waals surface area contributed by atoms with Gasteiger partial charge in [-0.25, -0.2) is 8.42 Å². The van der Waals surface area contributed by atoms with E-state index in [0.717, 1.165) is 5.56 Å². The highest BCUT2D eigenvalue weighted by molar-refractivity contribution is 9.10. The van der Waals surface area contributed by atoms with Crippen molar-refractivity contribution in [2.75, 3.05) is 10.5 Å². The largest absolute Gasteiger partial charge is 0.399 e. The van der Waals surface area contributed by atoms with E-state index in [2.05, 4.69) is 20.7 Å². The van der Waals surface area contributed by atoms with E-state index >= 15 is 0 Å². The fourth-order valence-electron chi connectivity index (χ4n) is 1.61. The Morgan fingerprint density at radius 2 is 1.84 bits per heavy atom. The molecule has 0 saturated heterocycles. The summed E-state index contributed by atoms with van der Waals surface area (Å²) in [5.74, 6) is 0. The minimum absolute atomic E-state index is 0.199. The number of sulfonamides is 1. The highest BCUT2D eigenvalue weighted by Crippen LogP contribution is 2.25. The van der Waals surface area contributed by atoms with E-state index in [-0.39, 0.29) is 4.90 Å². The van der Waals surface area contributed by atoms with Crippen molar-refractivity contribution in [3.63, 3.8) is 0 Å². The third-order valence-electron chi connectivity index (χ3n) is 2.65. The van der Waals surface area contributed by atoms with Crippen LogP contribution in [0.3, 0.4) is 0 Å². The molecular formula is C13H13BrN2O2S. The van der Waals surface area contributed by atoms with E-state index in [1.54, 1.807) is 36.4 Å². The predicted octanol–water partition coefficient (Wildman–Crippen LogP) is 3.14. The van der Waals surface area contributed by atoms with Gasteiger partial charge in [0.25, 0.3) is 10.0 Å². The summed E-state index contributed by atoms with van der Waals surface area (Å²) in [5, 5.41) is 0. The lowest BCUT2D eigenvalue weighted by atomic mass is 10.2. The number of nitrogens with two attached hydrogens (primary N) is 1. The smallest absolute Gasteiger partial charge is 0.263 e. The minimum Gasteiger partial charge on any atom is -0.399 e. The first kappa shape index (κ1) is 13.9. The number of rotatable bonds is 3. The highest BCUT2D eigenvalue weighted by Gasteiger charge is 2.17. The fraction of sp³-hybridized carbons (Fsp3) is 0.0769. The van der Waals surface area contributed by atoms with Gasteiger partial charge in [-0.05, 0) is 58.7 Å². The van der Waals surface area contributed by atoms with Crippen molar-refractivity contribution in [3.8, 4) is 0 Å². The molecule has 0 fully saturated rings. The average Bonchev–Trinajstić information content (AvgIpc) is 2.34. The zero-order valence-corrected chi connectivity index (χ0v) is 12.6. The molecule has 0 aliphatic carbocycles. The number of nitrogen functional groups attached to an aromatic ring is 1. The van der Waals surface area contributed by atoms with Gasteiger partial charge in [-0.1, -0.05) is 12.1 Å². The van der Waals surface area contributed by atoms with Gasteiger partial charge in [0.05, 0.1) is 0 Å². The molecular weight excluding hydrogens is 328 g/mol. The SMILES string of the molecule is Cc1cc(NS(=O)(=O)c2ccccc2Br)ccc1N. The Hall–Kier alpha value is -1.53. The van der Waals surface area contributed by atoms with Crippen molar-refractivity contribution >= 4 is 37.3 Å². The van der Waals surface area contributed by atoms with Gasteiger partial charge in [-0.3, -0.25) is 4.72 Å². The molecule has 0 bridgehead atoms. The van der Waals surface area contributed by atoms with Crippen LogP contribution in [0.1, 0.15) is 5.56 Å². The summed E-state index contributed by atoms with van der Waals surface area (Å²) in [4.78, 5) is 0.199. The molecule has 2 aromatic rings. The van der Waals surface area contributed by atoms with Gasteiger partial charge in [0.15, 0.2) is 0 Å². The van der Waals surface area contributed by atoms with Crippen LogP contribution in [-0.2, 0) is 10.0 Å². The molecule has 0 aliphatic rings. The first-order valence-corrected chi connectivity index (χ1v) is 7.81. The van der Waals surface area contributed by atoms with Crippen molar-refractivity contribution in [3.05, 3.63) is 52.5 Å². The number of nitrogens with one attached hydrogen (secondary N) is 1. The summed E-state index contributed by atoms with van der Waals surface area (Å²) in [5.41, 5.74) is 7.65. The first-order valence-electron chi connectivity index (χ1n) is 5.53. The average molecular weight is 341 g/mol. The minimum atomic E-state index is -3.61. The third kappa shape index (κ3) is 3.08. The molecule has 0 radical (unpaired) electrons. The van der Waals surface area contributed by atoms with Crippen molar-refractivity contribution in [2.24, 2.45) is 0 Å². The Bertz CT molecular complexity index is 714. The van der Waals surface area contributed by atoms with Gasteiger partial charge in [-0.15, -0.1) is 0 Å². The Balaban J connectivity index is 2.37. The summed E-state index contributed by atoms with van der Waals surface area (Å²) in [6.45, 7) is 1.82. The second-order valence-corrected chi connectivity index (χ2v) is 6.61. The number of benzene rings is 2. The maximum atomic E-state index is 12.2. The molecule has 6 heteroatoms. The molecule has 3 N–H and O–H groups in total. The van der Waals surface area contributed by atoms with Crippen LogP contribution in [0.25, 0.3) is 0 Å². The third-order valence-corrected chi connectivity index (χ3v) is 5.04. The van der Waals surface area contributed by atoms with E-state index < -0.39 is 10.0 Å². The number of halogens is 1. The van der Waals surface area contributed by atoms with E-state index in [4.69, 9.17) is 5.73 Å². The molecule has 0 heterocycles. The van der Waals surface area contributed by atoms with E-state index in [1.165, 1.54) is 6.07 Å². The Labute approximate surface area is 120 Å². The summed E-state index contributed by atoms with van der Waals surface area (Å²) < 4.78 is 27.5. The van der Waals surface area contributed by atoms with Crippen LogP contribution in [0.15, 0.2) is 51.8 Å². The molecule has 2 aromatic carbocycles. The molecule has 0 aliphatic heterocycles. The zero-order chi connectivity index (χ0) is 14.0. The summed E-state index contributed by atoms with van der Waals surface area (Å²) >= 11 is 3.23. The van der Waals surface area contributed by atoms with Crippen LogP contribution in [-0.4, -0.2) is 8.42 Å². The van der Waals surface area contributed by atoms with Gasteiger partial charge in [0.2, 0.25) is 0 Å². The second-order valence-electron chi connectivity index (χ2n) is 4.11. The predicted molar refractivity (Wildman–Crippen MR) is 80.5 cm³/mol. The lowest BCUT2D eigenvalue weighted by Gasteiger charge is -2.10. The molecule has 4 nitrogen and oxygen atoms in total. The van der Waals surface area contributed by atoms with Gasteiger partial charge in [0, 0.05) is 15.8 Å². The number of anilines is 2. The zero-order valence-electron chi connectivity index (χ0n) is 10.2. The molecule has 0 spiro atoms. The lowest BCUT2D eigenvalue weighted by molar-refractivity contribution is 0.601. The monoisotopic (exact) mass is 340 g/mol. The van der Waals surface area contributed by atoms with E-state index in [1.807, 2.05) is 6.92 Å². The van der Waals surface area contributed by atoms with Crippen LogP contribution in [0.2, 0.25) is 0 Å². The Kier molecular flexibility index (Phi) is 3.82. The fourth-order valence-corrected chi connectivity index (χ4v) is 3.67. The number of aryl methyl sites for hydroxylation is 1. The molecule has 0 amide bonds. The molecule has 0 unspecified atom stereocenters. The normalized spacial score (nSPS) is 11.3. The molecule has 19 heavy (non-hydrogen) atoms. The molecule has 0 aromatic heterocycles. The topological polar surface area (TPSA) is 72.2 Å². The maximum Gasteiger partial charge on any atom is 0.263 e. The van der Waals surface area contributed by atoms with Crippen LogP contribution in [0.5, 0.6) is 0 Å². The number of hydrogen-bond acceptors (Lipinski definition) is 3. The van der Waals surface area contributed by atoms with Crippen LogP contribution >= 0.6 is 15.9 Å². The van der Waals surface area contributed by atoms with Crippen molar-refractivity contribution < 1.29 is 8.42 Å². The van der Waals surface area contributed by atoms with Crippen LogP contribution in [0.4, 0.5) is 11.4 Å². The van der Waals surface area contributed by atoms with Gasteiger partial charge < -0.3 is 5.73 Å². The summed E-state index contributed by atoms with van der Waals surface area (Å²) in [7, 11) is -3.61. The Morgan fingerprint density at radius 1 is 1.16 bits per heavy atom. The number of hydrogen-bond donors (Lipinski definition) is 2. The second kappa shape index (κ2) is 5.22. The highest BCUT2D eigenvalue weighted by atomic mass is 79.9. The van der Waals surface area contributed by atoms with Crippen LogP contribution < -0.4 is 10.5 Å². The van der Waals surface area contributed by atoms with Crippen LogP contribution in [0, 0.1) is 6.92 Å². The van der Waals surface area contributed by atoms with Crippen molar-refractivity contribution in [1.82, 2.24) is 0 Å². The van der Waals surface area contributed by atoms with Gasteiger partial charge in [0.1, 0.15) is 4.90 Å². The molecule has 0 atom stereocenters. The van der Waals surface area contributed by atoms with E-state index in [9.17, 15) is 8.42 Å². The maximum absolute atomic E-state index is 12.2. The molecule has 100 valence electrons. The molecule has 0 saturated carbocycles. The quantitative estimate of drug-likeness (QED) is 0.843. The van der Waals surface area contributed by atoms with Gasteiger partial charge in [-0.2, -0.15) is 0 Å². The molecule has 2 rings (SSSR count). The lowest BCUT2D eigenvalue weighted by Crippen LogP contribution is -2.13. The van der Waals surface area contributed by atoms with Crippen molar-refractivity contribution in [2.45, 2.75) is 11.8 Å². The van der Waals surface area contributed by atoms with Crippen molar-refractivity contribution in [1.29, 1.82) is 0 Å². The van der Waals surface area contributed by atoms with E-state index in [0.29, 0.717) is 15.8 Å². The standard InChI is InChI=1S/C13H13BrN2O2S/c1-9-8-10(6-7-12(9)15)16-19(17,18)13-5-3-2-4-11(13)14/h2-8,16H,15H2,1H3.